The highest BCUT2D eigenvalue weighted by Gasteiger charge is 2.38. The number of aliphatic hydroxyl groups is 1. The quantitative estimate of drug-likeness (QED) is 0.744. The number of nitrogens with zero attached hydrogens (tertiary/aromatic N) is 1. The normalized spacial score (nSPS) is 18.2. The minimum absolute atomic E-state index is 0.114. The molecule has 1 saturated carbocycles. The summed E-state index contributed by atoms with van der Waals surface area (Å²) in [6, 6.07) is 7.31. The average Bonchev–Trinajstić information content (AvgIpc) is 2.47. The maximum Gasteiger partial charge on any atom is 0.290 e. The molecule has 0 spiro atoms. The number of likely N-dealkylation sites (N-methyl/N-ethyl adjacent to an activating group) is 1. The van der Waals surface area contributed by atoms with Gasteiger partial charge in [0.1, 0.15) is 5.75 Å². The van der Waals surface area contributed by atoms with Gasteiger partial charge in [-0.05, 0) is 44.6 Å². The summed E-state index contributed by atoms with van der Waals surface area (Å²) >= 11 is 0. The monoisotopic (exact) mass is 309 g/mol. The van der Waals surface area contributed by atoms with E-state index in [2.05, 4.69) is 4.90 Å². The second-order valence-electron chi connectivity index (χ2n) is 6.18. The van der Waals surface area contributed by atoms with Crippen LogP contribution in [-0.4, -0.2) is 52.9 Å². The van der Waals surface area contributed by atoms with Crippen LogP contribution in [-0.2, 0) is 4.79 Å². The molecule has 1 aliphatic carbocycles. The van der Waals surface area contributed by atoms with E-state index < -0.39 is 5.60 Å². The second-order valence-corrected chi connectivity index (χ2v) is 6.18. The maximum absolute atomic E-state index is 11.0. The van der Waals surface area contributed by atoms with E-state index in [0.717, 1.165) is 37.8 Å². The van der Waals surface area contributed by atoms with Gasteiger partial charge in [-0.25, -0.2) is 0 Å². The first-order valence-electron chi connectivity index (χ1n) is 7.67. The Labute approximate surface area is 132 Å². The molecule has 0 aromatic heterocycles. The van der Waals surface area contributed by atoms with Crippen molar-refractivity contribution in [1.29, 1.82) is 0 Å². The predicted octanol–water partition coefficient (Wildman–Crippen LogP) is 2.43. The van der Waals surface area contributed by atoms with Crippen LogP contribution in [0.4, 0.5) is 0 Å². The molecule has 0 amide bonds. The molecule has 22 heavy (non-hydrogen) atoms. The van der Waals surface area contributed by atoms with Gasteiger partial charge < -0.3 is 20.2 Å². The molecule has 5 nitrogen and oxygen atoms in total. The number of phenols is 1. The van der Waals surface area contributed by atoms with Crippen LogP contribution >= 0.6 is 0 Å². The van der Waals surface area contributed by atoms with Crippen LogP contribution in [0.3, 0.4) is 0 Å². The minimum Gasteiger partial charge on any atom is -0.508 e. The lowest BCUT2D eigenvalue weighted by Gasteiger charge is -2.40. The number of benzene rings is 1. The molecule has 3 N–H and O–H groups in total. The number of hydrogen-bond donors (Lipinski definition) is 3. The van der Waals surface area contributed by atoms with Crippen molar-refractivity contribution >= 4 is 6.47 Å². The van der Waals surface area contributed by atoms with Crippen molar-refractivity contribution in [3.05, 3.63) is 29.8 Å². The van der Waals surface area contributed by atoms with Crippen LogP contribution in [0.15, 0.2) is 24.3 Å². The Morgan fingerprint density at radius 1 is 1.18 bits per heavy atom. The van der Waals surface area contributed by atoms with Gasteiger partial charge in [-0.3, -0.25) is 4.79 Å². The summed E-state index contributed by atoms with van der Waals surface area (Å²) in [5.41, 5.74) is 0.523. The van der Waals surface area contributed by atoms with E-state index in [1.54, 1.807) is 12.1 Å². The summed E-state index contributed by atoms with van der Waals surface area (Å²) in [5.74, 6) is 0.395. The lowest BCUT2D eigenvalue weighted by molar-refractivity contribution is -0.122. The van der Waals surface area contributed by atoms with Gasteiger partial charge in [0, 0.05) is 12.5 Å². The number of carboxylic acid groups (broad SMARTS) is 1. The first-order chi connectivity index (χ1) is 10.4. The zero-order valence-corrected chi connectivity index (χ0v) is 13.4. The summed E-state index contributed by atoms with van der Waals surface area (Å²) in [4.78, 5) is 10.5. The molecule has 1 unspecified atom stereocenters. The van der Waals surface area contributed by atoms with Crippen molar-refractivity contribution in [2.24, 2.45) is 0 Å². The van der Waals surface area contributed by atoms with Crippen molar-refractivity contribution in [2.45, 2.75) is 43.6 Å². The predicted molar refractivity (Wildman–Crippen MR) is 86.1 cm³/mol. The topological polar surface area (TPSA) is 81.0 Å². The Morgan fingerprint density at radius 2 is 1.68 bits per heavy atom. The molecule has 124 valence electrons. The van der Waals surface area contributed by atoms with Gasteiger partial charge in [0.2, 0.25) is 0 Å². The summed E-state index contributed by atoms with van der Waals surface area (Å²) in [7, 11) is 4.08. The van der Waals surface area contributed by atoms with E-state index in [1.807, 2.05) is 26.2 Å². The Bertz CT molecular complexity index is 438. The van der Waals surface area contributed by atoms with E-state index in [1.165, 1.54) is 6.42 Å². The van der Waals surface area contributed by atoms with Crippen LogP contribution in [0.1, 0.15) is 43.6 Å². The first-order valence-corrected chi connectivity index (χ1v) is 7.67. The Morgan fingerprint density at radius 3 is 2.14 bits per heavy atom. The van der Waals surface area contributed by atoms with E-state index in [0.29, 0.717) is 0 Å². The van der Waals surface area contributed by atoms with Gasteiger partial charge in [-0.1, -0.05) is 31.4 Å². The number of aromatic hydroxyl groups is 1. The molecule has 1 atom stereocenters. The van der Waals surface area contributed by atoms with Gasteiger partial charge in [-0.15, -0.1) is 0 Å². The molecule has 1 fully saturated rings. The van der Waals surface area contributed by atoms with Crippen molar-refractivity contribution in [3.63, 3.8) is 0 Å². The Hall–Kier alpha value is -1.59. The van der Waals surface area contributed by atoms with Crippen LogP contribution in [0.5, 0.6) is 5.75 Å². The Balaban J connectivity index is 0.000000745. The summed E-state index contributed by atoms with van der Waals surface area (Å²) in [5, 5.41) is 27.3. The van der Waals surface area contributed by atoms with Crippen LogP contribution in [0.25, 0.3) is 0 Å². The van der Waals surface area contributed by atoms with Gasteiger partial charge in [0.25, 0.3) is 6.47 Å². The molecule has 0 heterocycles. The standard InChI is InChI=1S/C16H25NO2.CH2O2/c1-17(2)12-15(13-6-8-14(18)9-7-13)16(19)10-4-3-5-11-16;2-1-3/h6-9,15,18-19H,3-5,10-12H2,1-2H3;1H,(H,2,3). The number of hydrogen-bond acceptors (Lipinski definition) is 4. The Kier molecular flexibility index (Phi) is 7.35. The number of rotatable bonds is 4. The molecular formula is C17H27NO4. The van der Waals surface area contributed by atoms with Crippen molar-refractivity contribution in [2.75, 3.05) is 20.6 Å². The molecule has 1 aromatic carbocycles. The highest BCUT2D eigenvalue weighted by molar-refractivity contribution is 5.32. The summed E-state index contributed by atoms with van der Waals surface area (Å²) in [6.45, 7) is 0.585. The lowest BCUT2D eigenvalue weighted by Crippen LogP contribution is -2.42. The van der Waals surface area contributed by atoms with E-state index in [9.17, 15) is 10.2 Å². The molecule has 0 bridgehead atoms. The van der Waals surface area contributed by atoms with Gasteiger partial charge >= 0.3 is 0 Å². The van der Waals surface area contributed by atoms with E-state index in [4.69, 9.17) is 9.90 Å². The lowest BCUT2D eigenvalue weighted by atomic mass is 9.72. The van der Waals surface area contributed by atoms with Gasteiger partial charge in [-0.2, -0.15) is 0 Å². The fourth-order valence-electron chi connectivity index (χ4n) is 3.17. The third kappa shape index (κ3) is 5.31. The third-order valence-electron chi connectivity index (χ3n) is 4.21. The van der Waals surface area contributed by atoms with Crippen molar-refractivity contribution < 1.29 is 20.1 Å². The highest BCUT2D eigenvalue weighted by atomic mass is 16.3. The maximum atomic E-state index is 11.0. The second kappa shape index (κ2) is 8.76. The molecule has 5 heteroatoms. The van der Waals surface area contributed by atoms with Crippen LogP contribution in [0.2, 0.25) is 0 Å². The largest absolute Gasteiger partial charge is 0.508 e. The summed E-state index contributed by atoms with van der Waals surface area (Å²) in [6.07, 6.45) is 5.21. The fourth-order valence-corrected chi connectivity index (χ4v) is 3.17. The smallest absolute Gasteiger partial charge is 0.290 e. The fraction of sp³-hybridized carbons (Fsp3) is 0.588. The van der Waals surface area contributed by atoms with Crippen LogP contribution in [0, 0.1) is 0 Å². The van der Waals surface area contributed by atoms with Gasteiger partial charge in [0.15, 0.2) is 0 Å². The molecule has 0 aliphatic heterocycles. The number of carbonyl (C=O) groups is 1. The van der Waals surface area contributed by atoms with Crippen LogP contribution < -0.4 is 0 Å². The molecule has 1 aliphatic rings. The average molecular weight is 309 g/mol. The number of phenolic OH excluding ortho intramolecular Hbond substituents is 1. The minimum atomic E-state index is -0.598. The third-order valence-corrected chi connectivity index (χ3v) is 4.21. The highest BCUT2D eigenvalue weighted by Crippen LogP contribution is 2.40. The molecule has 2 rings (SSSR count). The summed E-state index contributed by atoms with van der Waals surface area (Å²) < 4.78 is 0. The molecule has 1 aromatic rings. The van der Waals surface area contributed by atoms with Crippen molar-refractivity contribution in [1.82, 2.24) is 4.90 Å². The molecule has 0 radical (unpaired) electrons. The molecule has 0 saturated heterocycles. The first kappa shape index (κ1) is 18.5. The van der Waals surface area contributed by atoms with Gasteiger partial charge in [0.05, 0.1) is 5.60 Å². The van der Waals surface area contributed by atoms with Crippen molar-refractivity contribution in [3.8, 4) is 5.75 Å². The van der Waals surface area contributed by atoms with E-state index >= 15 is 0 Å². The SMILES string of the molecule is CN(C)CC(c1ccc(O)cc1)C1(O)CCCCC1.O=CO. The zero-order chi connectivity index (χ0) is 16.6. The molecular weight excluding hydrogens is 282 g/mol. The van der Waals surface area contributed by atoms with E-state index in [-0.39, 0.29) is 18.1 Å². The zero-order valence-electron chi connectivity index (χ0n) is 13.4.